The van der Waals surface area contributed by atoms with Crippen LogP contribution in [0, 0.1) is 0 Å². The molecule has 2 aliphatic heterocycles. The first-order valence-electron chi connectivity index (χ1n) is 7.50. The zero-order valence-corrected chi connectivity index (χ0v) is 13.5. The number of imidazole rings is 1. The van der Waals surface area contributed by atoms with Gasteiger partial charge in [-0.1, -0.05) is 12.1 Å². The summed E-state index contributed by atoms with van der Waals surface area (Å²) in [5, 5.41) is 10.3. The molecule has 7 nitrogen and oxygen atoms in total. The molecule has 1 aromatic carbocycles. The van der Waals surface area contributed by atoms with E-state index in [2.05, 4.69) is 9.97 Å². The molecule has 2 aromatic heterocycles. The molecular formula is C17H10N4O3S. The summed E-state index contributed by atoms with van der Waals surface area (Å²) in [5.41, 5.74) is 3.71. The Morgan fingerprint density at radius 3 is 3.00 bits per heavy atom. The number of fused-ring (bicyclic) bond motifs is 4. The highest BCUT2D eigenvalue weighted by Gasteiger charge is 2.49. The molecule has 0 radical (unpaired) electrons. The zero-order valence-electron chi connectivity index (χ0n) is 12.7. The fraction of sp³-hybridized carbons (Fsp3) is 0.0588. The van der Waals surface area contributed by atoms with Crippen LogP contribution in [0.15, 0.2) is 53.3 Å². The zero-order chi connectivity index (χ0) is 17.1. The molecule has 0 spiro atoms. The molecule has 0 bridgehead atoms. The van der Waals surface area contributed by atoms with Crippen molar-refractivity contribution < 1.29 is 14.7 Å². The summed E-state index contributed by atoms with van der Waals surface area (Å²) < 4.78 is 1.93. The van der Waals surface area contributed by atoms with Crippen LogP contribution in [-0.2, 0) is 9.59 Å². The van der Waals surface area contributed by atoms with Gasteiger partial charge in [-0.3, -0.25) is 19.1 Å². The van der Waals surface area contributed by atoms with Gasteiger partial charge in [0.05, 0.1) is 28.5 Å². The van der Waals surface area contributed by atoms with Crippen LogP contribution >= 0.6 is 11.8 Å². The summed E-state index contributed by atoms with van der Waals surface area (Å²) >= 11 is 1.32. The maximum Gasteiger partial charge on any atom is 0.353 e. The predicted octanol–water partition coefficient (Wildman–Crippen LogP) is 2.11. The van der Waals surface area contributed by atoms with Gasteiger partial charge in [0, 0.05) is 11.6 Å². The largest absolute Gasteiger partial charge is 0.477 e. The van der Waals surface area contributed by atoms with E-state index < -0.39 is 5.97 Å². The fourth-order valence-corrected chi connectivity index (χ4v) is 4.22. The van der Waals surface area contributed by atoms with E-state index in [1.807, 2.05) is 34.9 Å². The summed E-state index contributed by atoms with van der Waals surface area (Å²) in [6.45, 7) is 0. The van der Waals surface area contributed by atoms with Crippen molar-refractivity contribution >= 4 is 46.4 Å². The van der Waals surface area contributed by atoms with Crippen molar-refractivity contribution in [3.8, 4) is 0 Å². The summed E-state index contributed by atoms with van der Waals surface area (Å²) in [6, 6.07) is 7.74. The smallest absolute Gasteiger partial charge is 0.353 e. The Kier molecular flexibility index (Phi) is 2.81. The average Bonchev–Trinajstić information content (AvgIpc) is 3.21. The molecule has 3 aromatic rings. The predicted molar refractivity (Wildman–Crippen MR) is 92.4 cm³/mol. The number of aromatic nitrogens is 3. The third kappa shape index (κ3) is 1.94. The fourth-order valence-electron chi connectivity index (χ4n) is 3.10. The Balaban J connectivity index is 1.55. The summed E-state index contributed by atoms with van der Waals surface area (Å²) in [6.07, 6.45) is 5.26. The first kappa shape index (κ1) is 14.2. The number of carboxylic acid groups (broad SMARTS) is 1. The lowest BCUT2D eigenvalue weighted by molar-refractivity contribution is -0.141. The molecule has 1 amide bonds. The van der Waals surface area contributed by atoms with E-state index in [9.17, 15) is 9.59 Å². The number of hydrogen-bond donors (Lipinski definition) is 1. The van der Waals surface area contributed by atoms with Gasteiger partial charge in [0.1, 0.15) is 11.1 Å². The molecular weight excluding hydrogens is 340 g/mol. The SMILES string of the molecule is O=C(O)C1=CS[C@@H]2/C(=C\c3cn4c(cnc5ccccc54)n3)C(=O)N12. The molecule has 5 rings (SSSR count). The second-order valence-corrected chi connectivity index (χ2v) is 6.67. The number of β-lactam (4-membered cyclic amide) rings is 1. The molecule has 2 aliphatic rings. The van der Waals surface area contributed by atoms with Gasteiger partial charge in [-0.2, -0.15) is 0 Å². The van der Waals surface area contributed by atoms with Gasteiger partial charge in [-0.15, -0.1) is 11.8 Å². The number of rotatable bonds is 2. The molecule has 8 heteroatoms. The summed E-state index contributed by atoms with van der Waals surface area (Å²) in [5.74, 6) is -1.38. The Bertz CT molecular complexity index is 1150. The lowest BCUT2D eigenvalue weighted by Gasteiger charge is -2.36. The number of hydrogen-bond acceptors (Lipinski definition) is 5. The molecule has 1 fully saturated rings. The standard InChI is InChI=1S/C17H10N4O3S/c22-15-10(16-21(15)13(8-25-16)17(23)24)5-9-7-20-12-4-2-1-3-11(12)18-6-14(20)19-9/h1-8,16H,(H,23,24)/b10-5-/t16-/m1/s1. The third-order valence-corrected chi connectivity index (χ3v) is 5.35. The minimum atomic E-state index is -1.09. The van der Waals surface area contributed by atoms with Crippen molar-refractivity contribution in [1.29, 1.82) is 0 Å². The molecule has 1 atom stereocenters. The van der Waals surface area contributed by atoms with Gasteiger partial charge in [0.2, 0.25) is 0 Å². The van der Waals surface area contributed by atoms with E-state index in [0.29, 0.717) is 16.9 Å². The molecule has 122 valence electrons. The first-order valence-corrected chi connectivity index (χ1v) is 8.45. The van der Waals surface area contributed by atoms with Crippen molar-refractivity contribution in [2.75, 3.05) is 0 Å². The average molecular weight is 350 g/mol. The Morgan fingerprint density at radius 2 is 2.16 bits per heavy atom. The van der Waals surface area contributed by atoms with Gasteiger partial charge in [-0.25, -0.2) is 9.78 Å². The molecule has 4 heterocycles. The quantitative estimate of drug-likeness (QED) is 0.563. The first-order chi connectivity index (χ1) is 12.1. The lowest BCUT2D eigenvalue weighted by atomic mass is 10.0. The van der Waals surface area contributed by atoms with Gasteiger partial charge in [0.25, 0.3) is 5.91 Å². The lowest BCUT2D eigenvalue weighted by Crippen LogP contribution is -2.51. The highest BCUT2D eigenvalue weighted by Crippen LogP contribution is 2.45. The number of amides is 1. The Hall–Kier alpha value is -3.13. The van der Waals surface area contributed by atoms with E-state index in [0.717, 1.165) is 11.0 Å². The number of nitrogens with zero attached hydrogens (tertiary/aromatic N) is 4. The molecule has 0 saturated carbocycles. The van der Waals surface area contributed by atoms with E-state index in [1.165, 1.54) is 22.1 Å². The van der Waals surface area contributed by atoms with Gasteiger partial charge < -0.3 is 5.11 Å². The maximum absolute atomic E-state index is 12.3. The molecule has 0 aliphatic carbocycles. The van der Waals surface area contributed by atoms with Crippen LogP contribution in [0.1, 0.15) is 5.69 Å². The second kappa shape index (κ2) is 4.93. The highest BCUT2D eigenvalue weighted by atomic mass is 32.2. The van der Waals surface area contributed by atoms with E-state index in [-0.39, 0.29) is 17.0 Å². The topological polar surface area (TPSA) is 87.8 Å². The van der Waals surface area contributed by atoms with Crippen LogP contribution in [-0.4, -0.2) is 41.6 Å². The van der Waals surface area contributed by atoms with Crippen molar-refractivity contribution in [2.45, 2.75) is 5.37 Å². The van der Waals surface area contributed by atoms with Crippen LogP contribution in [0.25, 0.3) is 22.8 Å². The Labute approximate surface area is 145 Å². The van der Waals surface area contributed by atoms with Crippen LogP contribution in [0.5, 0.6) is 0 Å². The number of para-hydroxylation sites is 2. The minimum absolute atomic E-state index is 0.0299. The highest BCUT2D eigenvalue weighted by molar-refractivity contribution is 8.03. The van der Waals surface area contributed by atoms with Crippen molar-refractivity contribution in [1.82, 2.24) is 19.3 Å². The molecule has 1 saturated heterocycles. The van der Waals surface area contributed by atoms with Crippen LogP contribution in [0.3, 0.4) is 0 Å². The molecule has 0 unspecified atom stereocenters. The third-order valence-electron chi connectivity index (χ3n) is 4.27. The number of aliphatic carboxylic acids is 1. The number of carboxylic acids is 1. The second-order valence-electron chi connectivity index (χ2n) is 5.71. The van der Waals surface area contributed by atoms with Crippen molar-refractivity contribution in [3.05, 3.63) is 59.0 Å². The van der Waals surface area contributed by atoms with Crippen molar-refractivity contribution in [3.63, 3.8) is 0 Å². The number of carbonyl (C=O) groups excluding carboxylic acids is 1. The van der Waals surface area contributed by atoms with Gasteiger partial charge >= 0.3 is 5.97 Å². The van der Waals surface area contributed by atoms with E-state index >= 15 is 0 Å². The number of benzene rings is 1. The van der Waals surface area contributed by atoms with E-state index in [1.54, 1.807) is 12.3 Å². The molecule has 1 N–H and O–H groups in total. The molecule has 25 heavy (non-hydrogen) atoms. The minimum Gasteiger partial charge on any atom is -0.477 e. The monoisotopic (exact) mass is 350 g/mol. The van der Waals surface area contributed by atoms with Crippen LogP contribution < -0.4 is 0 Å². The van der Waals surface area contributed by atoms with Crippen LogP contribution in [0.2, 0.25) is 0 Å². The van der Waals surface area contributed by atoms with Crippen molar-refractivity contribution in [2.24, 2.45) is 0 Å². The summed E-state index contributed by atoms with van der Waals surface area (Å²) in [7, 11) is 0. The van der Waals surface area contributed by atoms with Gasteiger partial charge in [0.15, 0.2) is 5.65 Å². The summed E-state index contributed by atoms with van der Waals surface area (Å²) in [4.78, 5) is 33.6. The van der Waals surface area contributed by atoms with E-state index in [4.69, 9.17) is 5.11 Å². The Morgan fingerprint density at radius 1 is 1.32 bits per heavy atom. The van der Waals surface area contributed by atoms with Gasteiger partial charge in [-0.05, 0) is 18.2 Å². The van der Waals surface area contributed by atoms with Crippen LogP contribution in [0.4, 0.5) is 0 Å². The maximum atomic E-state index is 12.3. The normalized spacial score (nSPS) is 20.9. The number of thioether (sulfide) groups is 1. The number of carbonyl (C=O) groups is 2.